The van der Waals surface area contributed by atoms with Crippen LogP contribution < -0.4 is 11.5 Å². The van der Waals surface area contributed by atoms with E-state index in [4.69, 9.17) is 11.5 Å². The zero-order valence-corrected chi connectivity index (χ0v) is 10.3. The van der Waals surface area contributed by atoms with Gasteiger partial charge in [-0.1, -0.05) is 30.3 Å². The molecular weight excluding hydrogens is 236 g/mol. The zero-order valence-electron chi connectivity index (χ0n) is 10.3. The molecule has 0 atom stereocenters. The van der Waals surface area contributed by atoms with Crippen molar-refractivity contribution >= 4 is 11.4 Å². The molecule has 1 aromatic heterocycles. The average Bonchev–Trinajstić information content (AvgIpc) is 2.88. The van der Waals surface area contributed by atoms with Crippen LogP contribution in [0.3, 0.4) is 0 Å². The fraction of sp³-hybridized carbons (Fsp3) is 0. The van der Waals surface area contributed by atoms with Crippen molar-refractivity contribution in [2.24, 2.45) is 0 Å². The van der Waals surface area contributed by atoms with Crippen molar-refractivity contribution in [3.05, 3.63) is 54.7 Å². The number of anilines is 2. The summed E-state index contributed by atoms with van der Waals surface area (Å²) in [5.74, 6) is 0. The molecule has 0 aliphatic carbocycles. The van der Waals surface area contributed by atoms with Gasteiger partial charge in [-0.2, -0.15) is 5.10 Å². The summed E-state index contributed by atoms with van der Waals surface area (Å²) < 4.78 is 0. The summed E-state index contributed by atoms with van der Waals surface area (Å²) in [6, 6.07) is 15.4. The van der Waals surface area contributed by atoms with Crippen LogP contribution in [-0.2, 0) is 0 Å². The first-order valence-corrected chi connectivity index (χ1v) is 6.00. The maximum Gasteiger partial charge on any atom is 0.0730 e. The van der Waals surface area contributed by atoms with Gasteiger partial charge in [-0.15, -0.1) is 0 Å². The number of nitrogens with two attached hydrogens (primary N) is 2. The summed E-state index contributed by atoms with van der Waals surface area (Å²) in [6.07, 6.45) is 1.78. The number of H-pyrrole nitrogens is 1. The fourth-order valence-corrected chi connectivity index (χ4v) is 2.15. The predicted molar refractivity (Wildman–Crippen MR) is 78.3 cm³/mol. The van der Waals surface area contributed by atoms with Crippen molar-refractivity contribution in [2.45, 2.75) is 0 Å². The molecule has 4 heteroatoms. The Morgan fingerprint density at radius 3 is 2.53 bits per heavy atom. The van der Waals surface area contributed by atoms with Crippen LogP contribution in [0.5, 0.6) is 0 Å². The van der Waals surface area contributed by atoms with Gasteiger partial charge in [0.05, 0.1) is 11.9 Å². The molecule has 1 heterocycles. The number of nitrogen functional groups attached to an aromatic ring is 2. The van der Waals surface area contributed by atoms with E-state index in [0.29, 0.717) is 0 Å². The van der Waals surface area contributed by atoms with Crippen molar-refractivity contribution in [2.75, 3.05) is 11.5 Å². The van der Waals surface area contributed by atoms with Crippen LogP contribution in [0.4, 0.5) is 11.4 Å². The van der Waals surface area contributed by atoms with Gasteiger partial charge >= 0.3 is 0 Å². The summed E-state index contributed by atoms with van der Waals surface area (Å²) >= 11 is 0. The molecule has 3 aromatic rings. The minimum atomic E-state index is 0.721. The molecule has 0 bridgehead atoms. The second-order valence-corrected chi connectivity index (χ2v) is 4.37. The zero-order chi connectivity index (χ0) is 13.2. The summed E-state index contributed by atoms with van der Waals surface area (Å²) in [5.41, 5.74) is 17.2. The maximum atomic E-state index is 6.02. The molecule has 0 fully saturated rings. The highest BCUT2D eigenvalue weighted by atomic mass is 15.1. The van der Waals surface area contributed by atoms with E-state index in [1.807, 2.05) is 48.5 Å². The topological polar surface area (TPSA) is 80.7 Å². The molecule has 2 aromatic carbocycles. The highest BCUT2D eigenvalue weighted by molar-refractivity contribution is 5.86. The van der Waals surface area contributed by atoms with Crippen molar-refractivity contribution < 1.29 is 0 Å². The number of hydrogen-bond donors (Lipinski definition) is 3. The van der Waals surface area contributed by atoms with Gasteiger partial charge in [0.25, 0.3) is 0 Å². The Kier molecular flexibility index (Phi) is 2.68. The van der Waals surface area contributed by atoms with E-state index in [0.717, 1.165) is 33.8 Å². The van der Waals surface area contributed by atoms with E-state index >= 15 is 0 Å². The second-order valence-electron chi connectivity index (χ2n) is 4.37. The van der Waals surface area contributed by atoms with Gasteiger partial charge in [0, 0.05) is 28.1 Å². The van der Waals surface area contributed by atoms with E-state index in [1.165, 1.54) is 0 Å². The average molecular weight is 250 g/mol. The van der Waals surface area contributed by atoms with Gasteiger partial charge in [0.15, 0.2) is 0 Å². The summed E-state index contributed by atoms with van der Waals surface area (Å²) in [5, 5.41) is 7.14. The minimum absolute atomic E-state index is 0.721. The minimum Gasteiger partial charge on any atom is -0.399 e. The number of aromatic nitrogens is 2. The van der Waals surface area contributed by atoms with Crippen LogP contribution in [0.25, 0.3) is 22.4 Å². The fourth-order valence-electron chi connectivity index (χ4n) is 2.15. The SMILES string of the molecule is Nc1cccc(-c2[nH]ncc2-c2ccccc2N)c1. The van der Waals surface area contributed by atoms with E-state index in [9.17, 15) is 0 Å². The third-order valence-corrected chi connectivity index (χ3v) is 3.07. The van der Waals surface area contributed by atoms with Gasteiger partial charge in [0.2, 0.25) is 0 Å². The van der Waals surface area contributed by atoms with Crippen LogP contribution in [-0.4, -0.2) is 10.2 Å². The molecule has 5 N–H and O–H groups in total. The van der Waals surface area contributed by atoms with Crippen molar-refractivity contribution in [3.63, 3.8) is 0 Å². The van der Waals surface area contributed by atoms with Crippen molar-refractivity contribution in [1.29, 1.82) is 0 Å². The third-order valence-electron chi connectivity index (χ3n) is 3.07. The number of para-hydroxylation sites is 1. The molecule has 0 amide bonds. The van der Waals surface area contributed by atoms with E-state index in [1.54, 1.807) is 6.20 Å². The van der Waals surface area contributed by atoms with Crippen molar-refractivity contribution in [1.82, 2.24) is 10.2 Å². The van der Waals surface area contributed by atoms with E-state index < -0.39 is 0 Å². The highest BCUT2D eigenvalue weighted by Crippen LogP contribution is 2.33. The molecule has 94 valence electrons. The molecular formula is C15H14N4. The lowest BCUT2D eigenvalue weighted by Gasteiger charge is -2.07. The Morgan fingerprint density at radius 2 is 1.74 bits per heavy atom. The molecule has 0 saturated heterocycles. The second kappa shape index (κ2) is 4.49. The van der Waals surface area contributed by atoms with Crippen LogP contribution in [0.15, 0.2) is 54.7 Å². The molecule has 19 heavy (non-hydrogen) atoms. The van der Waals surface area contributed by atoms with Gasteiger partial charge in [-0.05, 0) is 18.2 Å². The van der Waals surface area contributed by atoms with Gasteiger partial charge in [0.1, 0.15) is 0 Å². The molecule has 0 aliphatic rings. The Balaban J connectivity index is 2.16. The summed E-state index contributed by atoms with van der Waals surface area (Å²) in [7, 11) is 0. The van der Waals surface area contributed by atoms with Crippen molar-refractivity contribution in [3.8, 4) is 22.4 Å². The molecule has 0 aliphatic heterocycles. The highest BCUT2D eigenvalue weighted by Gasteiger charge is 2.11. The smallest absolute Gasteiger partial charge is 0.0730 e. The monoisotopic (exact) mass is 250 g/mol. The number of rotatable bonds is 2. The molecule has 4 nitrogen and oxygen atoms in total. The van der Waals surface area contributed by atoms with Crippen LogP contribution in [0, 0.1) is 0 Å². The predicted octanol–water partition coefficient (Wildman–Crippen LogP) is 2.91. The van der Waals surface area contributed by atoms with Gasteiger partial charge in [-0.25, -0.2) is 0 Å². The van der Waals surface area contributed by atoms with Crippen LogP contribution in [0.1, 0.15) is 0 Å². The Hall–Kier alpha value is -2.75. The first-order chi connectivity index (χ1) is 9.25. The number of benzene rings is 2. The first kappa shape index (κ1) is 11.3. The maximum absolute atomic E-state index is 6.02. The first-order valence-electron chi connectivity index (χ1n) is 6.00. The number of nitrogens with one attached hydrogen (secondary N) is 1. The van der Waals surface area contributed by atoms with Crippen LogP contribution >= 0.6 is 0 Å². The van der Waals surface area contributed by atoms with E-state index in [2.05, 4.69) is 10.2 Å². The number of nitrogens with zero attached hydrogens (tertiary/aromatic N) is 1. The quantitative estimate of drug-likeness (QED) is 0.612. The van der Waals surface area contributed by atoms with Crippen LogP contribution in [0.2, 0.25) is 0 Å². The van der Waals surface area contributed by atoms with Gasteiger partial charge < -0.3 is 11.5 Å². The number of hydrogen-bond acceptors (Lipinski definition) is 3. The lowest BCUT2D eigenvalue weighted by Crippen LogP contribution is -1.91. The molecule has 0 spiro atoms. The standard InChI is InChI=1S/C15H14N4/c16-11-5-3-4-10(8-11)15-13(9-18-19-15)12-6-1-2-7-14(12)17/h1-9H,16-17H2,(H,18,19). The Bertz CT molecular complexity index is 715. The lowest BCUT2D eigenvalue weighted by molar-refractivity contribution is 1.10. The normalized spacial score (nSPS) is 10.5. The third kappa shape index (κ3) is 2.04. The molecule has 0 unspecified atom stereocenters. The Morgan fingerprint density at radius 1 is 0.895 bits per heavy atom. The van der Waals surface area contributed by atoms with Gasteiger partial charge in [-0.3, -0.25) is 5.10 Å². The molecule has 0 saturated carbocycles. The molecule has 3 rings (SSSR count). The summed E-state index contributed by atoms with van der Waals surface area (Å²) in [6.45, 7) is 0. The summed E-state index contributed by atoms with van der Waals surface area (Å²) in [4.78, 5) is 0. The van der Waals surface area contributed by atoms with E-state index in [-0.39, 0.29) is 0 Å². The Labute approximate surface area is 111 Å². The molecule has 0 radical (unpaired) electrons. The number of aromatic amines is 1. The largest absolute Gasteiger partial charge is 0.399 e. The lowest BCUT2D eigenvalue weighted by atomic mass is 10.0.